The third-order valence-electron chi connectivity index (χ3n) is 4.89. The Balaban J connectivity index is 1.47. The Hall–Kier alpha value is -3.92. The van der Waals surface area contributed by atoms with Gasteiger partial charge in [-0.2, -0.15) is 0 Å². The summed E-state index contributed by atoms with van der Waals surface area (Å²) >= 11 is 0. The highest BCUT2D eigenvalue weighted by Crippen LogP contribution is 2.27. The maximum absolute atomic E-state index is 13.2. The lowest BCUT2D eigenvalue weighted by atomic mass is 10.0. The molecule has 0 unspecified atom stereocenters. The maximum atomic E-state index is 13.2. The van der Waals surface area contributed by atoms with Crippen LogP contribution in [0.1, 0.15) is 0 Å². The van der Waals surface area contributed by atoms with E-state index < -0.39 is 0 Å². The van der Waals surface area contributed by atoms with Gasteiger partial charge in [0.1, 0.15) is 5.82 Å². The first kappa shape index (κ1) is 17.2. The van der Waals surface area contributed by atoms with Crippen LogP contribution in [-0.2, 0) is 0 Å². The van der Waals surface area contributed by atoms with Crippen molar-refractivity contribution in [3.05, 3.63) is 103 Å². The lowest BCUT2D eigenvalue weighted by molar-refractivity contribution is 0.628. The van der Waals surface area contributed by atoms with Crippen molar-refractivity contribution in [2.45, 2.75) is 0 Å². The first-order chi connectivity index (χ1) is 14.3. The molecule has 0 fully saturated rings. The van der Waals surface area contributed by atoms with Gasteiger partial charge in [0.05, 0.1) is 16.9 Å². The Kier molecular flexibility index (Phi) is 4.30. The number of aromatic nitrogens is 3. The summed E-state index contributed by atoms with van der Waals surface area (Å²) < 4.78 is 13.2. The minimum absolute atomic E-state index is 0.236. The summed E-state index contributed by atoms with van der Waals surface area (Å²) in [5.41, 5.74) is 6.58. The normalized spacial score (nSPS) is 10.9. The van der Waals surface area contributed by atoms with Gasteiger partial charge in [0.25, 0.3) is 0 Å². The maximum Gasteiger partial charge on any atom is 0.123 e. The van der Waals surface area contributed by atoms with E-state index in [4.69, 9.17) is 0 Å². The van der Waals surface area contributed by atoms with Gasteiger partial charge < -0.3 is 0 Å². The van der Waals surface area contributed by atoms with E-state index in [0.29, 0.717) is 0 Å². The average Bonchev–Trinajstić information content (AvgIpc) is 2.80. The SMILES string of the molecule is Fc1ccc(-c2ccc3cc(-c4ccc(-c5ccccn5)nc4)cnc3c2)cc1. The standard InChI is InChI=1S/C25H16FN3/c26-22-9-6-17(7-10-22)18-4-5-19-13-21(16-29-25(19)14-18)20-8-11-24(28-15-20)23-3-1-2-12-27-23/h1-16H. The van der Waals surface area contributed by atoms with E-state index in [9.17, 15) is 4.39 Å². The van der Waals surface area contributed by atoms with Crippen LogP contribution in [0.25, 0.3) is 44.5 Å². The molecule has 0 radical (unpaired) electrons. The molecule has 0 spiro atoms. The molecule has 3 nitrogen and oxygen atoms in total. The highest BCUT2D eigenvalue weighted by atomic mass is 19.1. The summed E-state index contributed by atoms with van der Waals surface area (Å²) in [6, 6.07) is 24.5. The van der Waals surface area contributed by atoms with E-state index in [1.165, 1.54) is 12.1 Å². The quantitative estimate of drug-likeness (QED) is 0.378. The second-order valence-electron chi connectivity index (χ2n) is 6.79. The average molecular weight is 377 g/mol. The van der Waals surface area contributed by atoms with Gasteiger partial charge in [-0.25, -0.2) is 4.39 Å². The fourth-order valence-corrected chi connectivity index (χ4v) is 3.33. The molecule has 5 rings (SSSR count). The summed E-state index contributed by atoms with van der Waals surface area (Å²) in [4.78, 5) is 13.5. The summed E-state index contributed by atoms with van der Waals surface area (Å²) in [5.74, 6) is -0.236. The third-order valence-corrected chi connectivity index (χ3v) is 4.89. The van der Waals surface area contributed by atoms with Crippen LogP contribution in [0.3, 0.4) is 0 Å². The van der Waals surface area contributed by atoms with Gasteiger partial charge in [-0.1, -0.05) is 36.4 Å². The van der Waals surface area contributed by atoms with Gasteiger partial charge in [0.15, 0.2) is 0 Å². The smallest absolute Gasteiger partial charge is 0.123 e. The second kappa shape index (κ2) is 7.24. The Bertz CT molecular complexity index is 1280. The monoisotopic (exact) mass is 377 g/mol. The molecular formula is C25H16FN3. The van der Waals surface area contributed by atoms with E-state index in [1.54, 1.807) is 18.3 Å². The van der Waals surface area contributed by atoms with Crippen LogP contribution in [0.4, 0.5) is 4.39 Å². The molecule has 4 heteroatoms. The van der Waals surface area contributed by atoms with Crippen LogP contribution in [0, 0.1) is 5.82 Å². The summed E-state index contributed by atoms with van der Waals surface area (Å²) in [6.45, 7) is 0. The topological polar surface area (TPSA) is 38.7 Å². The molecule has 0 aliphatic carbocycles. The molecule has 0 bridgehead atoms. The van der Waals surface area contributed by atoms with E-state index in [2.05, 4.69) is 21.0 Å². The Morgan fingerprint density at radius 1 is 0.552 bits per heavy atom. The number of hydrogen-bond donors (Lipinski definition) is 0. The molecule has 2 aromatic carbocycles. The lowest BCUT2D eigenvalue weighted by Gasteiger charge is -2.07. The highest BCUT2D eigenvalue weighted by molar-refractivity contribution is 5.87. The van der Waals surface area contributed by atoms with Gasteiger partial charge in [0.2, 0.25) is 0 Å². The van der Waals surface area contributed by atoms with Crippen LogP contribution >= 0.6 is 0 Å². The number of pyridine rings is 3. The highest BCUT2D eigenvalue weighted by Gasteiger charge is 2.06. The lowest BCUT2D eigenvalue weighted by Crippen LogP contribution is -1.89. The molecule has 0 N–H and O–H groups in total. The fourth-order valence-electron chi connectivity index (χ4n) is 3.33. The van der Waals surface area contributed by atoms with E-state index in [0.717, 1.165) is 44.5 Å². The van der Waals surface area contributed by atoms with Crippen molar-refractivity contribution in [1.29, 1.82) is 0 Å². The van der Waals surface area contributed by atoms with Gasteiger partial charge in [-0.05, 0) is 53.6 Å². The molecule has 0 aliphatic rings. The zero-order valence-electron chi connectivity index (χ0n) is 15.5. The van der Waals surface area contributed by atoms with Crippen molar-refractivity contribution in [3.8, 4) is 33.6 Å². The molecule has 138 valence electrons. The Morgan fingerprint density at radius 2 is 1.31 bits per heavy atom. The van der Waals surface area contributed by atoms with Gasteiger partial charge in [-0.15, -0.1) is 0 Å². The summed E-state index contributed by atoms with van der Waals surface area (Å²) in [5, 5.41) is 1.04. The number of halogens is 1. The van der Waals surface area contributed by atoms with E-state index in [-0.39, 0.29) is 5.82 Å². The predicted molar refractivity (Wildman–Crippen MR) is 114 cm³/mol. The van der Waals surface area contributed by atoms with Gasteiger partial charge in [0, 0.05) is 35.1 Å². The largest absolute Gasteiger partial charge is 0.256 e. The number of fused-ring (bicyclic) bond motifs is 1. The Morgan fingerprint density at radius 3 is 2.07 bits per heavy atom. The van der Waals surface area contributed by atoms with E-state index >= 15 is 0 Å². The molecular weight excluding hydrogens is 361 g/mol. The first-order valence-corrected chi connectivity index (χ1v) is 9.30. The van der Waals surface area contributed by atoms with Crippen LogP contribution in [-0.4, -0.2) is 15.0 Å². The van der Waals surface area contributed by atoms with Crippen LogP contribution < -0.4 is 0 Å². The molecule has 0 aliphatic heterocycles. The number of nitrogens with zero attached hydrogens (tertiary/aromatic N) is 3. The minimum Gasteiger partial charge on any atom is -0.256 e. The van der Waals surface area contributed by atoms with Gasteiger partial charge >= 0.3 is 0 Å². The number of benzene rings is 2. The van der Waals surface area contributed by atoms with Crippen molar-refractivity contribution >= 4 is 10.9 Å². The second-order valence-corrected chi connectivity index (χ2v) is 6.79. The molecule has 0 atom stereocenters. The third kappa shape index (κ3) is 3.48. The van der Waals surface area contributed by atoms with Crippen molar-refractivity contribution in [3.63, 3.8) is 0 Å². The molecule has 3 aromatic heterocycles. The fraction of sp³-hybridized carbons (Fsp3) is 0. The zero-order valence-corrected chi connectivity index (χ0v) is 15.5. The van der Waals surface area contributed by atoms with Crippen molar-refractivity contribution in [2.24, 2.45) is 0 Å². The van der Waals surface area contributed by atoms with Crippen molar-refractivity contribution in [2.75, 3.05) is 0 Å². The van der Waals surface area contributed by atoms with Crippen LogP contribution in [0.5, 0.6) is 0 Å². The van der Waals surface area contributed by atoms with Crippen LogP contribution in [0.15, 0.2) is 97.5 Å². The molecule has 0 saturated carbocycles. The predicted octanol–water partition coefficient (Wildman–Crippen LogP) is 6.16. The first-order valence-electron chi connectivity index (χ1n) is 9.30. The molecule has 0 saturated heterocycles. The molecule has 5 aromatic rings. The van der Waals surface area contributed by atoms with Crippen molar-refractivity contribution in [1.82, 2.24) is 15.0 Å². The van der Waals surface area contributed by atoms with Crippen LogP contribution in [0.2, 0.25) is 0 Å². The number of rotatable bonds is 3. The van der Waals surface area contributed by atoms with Crippen molar-refractivity contribution < 1.29 is 4.39 Å². The molecule has 3 heterocycles. The zero-order chi connectivity index (χ0) is 19.6. The molecule has 0 amide bonds. The minimum atomic E-state index is -0.236. The number of hydrogen-bond acceptors (Lipinski definition) is 3. The van der Waals surface area contributed by atoms with Gasteiger partial charge in [-0.3, -0.25) is 15.0 Å². The summed E-state index contributed by atoms with van der Waals surface area (Å²) in [6.07, 6.45) is 5.46. The molecule has 29 heavy (non-hydrogen) atoms. The summed E-state index contributed by atoms with van der Waals surface area (Å²) in [7, 11) is 0. The van der Waals surface area contributed by atoms with E-state index in [1.807, 2.05) is 60.9 Å². The Labute approximate surface area is 167 Å².